The van der Waals surface area contributed by atoms with Gasteiger partial charge in [-0.3, -0.25) is 4.79 Å². The van der Waals surface area contributed by atoms with E-state index in [0.717, 1.165) is 25.7 Å². The van der Waals surface area contributed by atoms with Crippen molar-refractivity contribution in [1.29, 1.82) is 0 Å². The van der Waals surface area contributed by atoms with Crippen molar-refractivity contribution in [2.75, 3.05) is 0 Å². The van der Waals surface area contributed by atoms with Crippen LogP contribution in [-0.2, 0) is 4.79 Å². The lowest BCUT2D eigenvalue weighted by Gasteiger charge is -2.57. The molecule has 21 heavy (non-hydrogen) atoms. The maximum absolute atomic E-state index is 12.0. The van der Waals surface area contributed by atoms with Crippen molar-refractivity contribution in [2.45, 2.75) is 71.3 Å². The van der Waals surface area contributed by atoms with E-state index in [1.165, 1.54) is 24.8 Å². The maximum Gasteiger partial charge on any atom is 0.156 e. The molecule has 0 unspecified atom stereocenters. The lowest BCUT2D eigenvalue weighted by atomic mass is 9.48. The number of hydrogen-bond donors (Lipinski definition) is 1. The van der Waals surface area contributed by atoms with E-state index in [9.17, 15) is 9.90 Å². The lowest BCUT2D eigenvalue weighted by molar-refractivity contribution is -0.124. The third-order valence-corrected chi connectivity index (χ3v) is 8.17. The Kier molecular flexibility index (Phi) is 2.67. The first kappa shape index (κ1) is 14.0. The van der Waals surface area contributed by atoms with Gasteiger partial charge in [0.2, 0.25) is 0 Å². The van der Waals surface area contributed by atoms with E-state index >= 15 is 0 Å². The zero-order valence-electron chi connectivity index (χ0n) is 13.6. The van der Waals surface area contributed by atoms with Crippen LogP contribution in [0.3, 0.4) is 0 Å². The molecule has 0 heterocycles. The molecule has 1 N–H and O–H groups in total. The van der Waals surface area contributed by atoms with E-state index in [2.05, 4.69) is 20.8 Å². The minimum Gasteiger partial charge on any atom is -0.390 e. The van der Waals surface area contributed by atoms with Gasteiger partial charge in [0, 0.05) is 6.42 Å². The van der Waals surface area contributed by atoms with Gasteiger partial charge in [-0.05, 0) is 80.1 Å². The molecule has 116 valence electrons. The normalized spacial score (nSPS) is 55.7. The molecule has 2 heteroatoms. The Hall–Kier alpha value is -0.630. The SMILES string of the molecule is C[C@]12CC(=O)C=C1CC[C@@H]1[C@@H]2CC[C@@]2(C)[C@H]1CC[C@]2(C)O. The van der Waals surface area contributed by atoms with Gasteiger partial charge in [0.1, 0.15) is 0 Å². The van der Waals surface area contributed by atoms with Crippen LogP contribution >= 0.6 is 0 Å². The number of ketones is 1. The summed E-state index contributed by atoms with van der Waals surface area (Å²) in [6.07, 6.45) is 9.48. The fraction of sp³-hybridized carbons (Fsp3) is 0.842. The Balaban J connectivity index is 1.70. The number of rotatable bonds is 0. The van der Waals surface area contributed by atoms with Crippen LogP contribution < -0.4 is 0 Å². The average molecular weight is 288 g/mol. The Morgan fingerprint density at radius 3 is 2.57 bits per heavy atom. The van der Waals surface area contributed by atoms with Crippen LogP contribution in [0.1, 0.15) is 65.7 Å². The molecule has 0 bridgehead atoms. The maximum atomic E-state index is 12.0. The zero-order valence-corrected chi connectivity index (χ0v) is 13.6. The largest absolute Gasteiger partial charge is 0.390 e. The molecule has 0 radical (unpaired) electrons. The van der Waals surface area contributed by atoms with Crippen molar-refractivity contribution in [2.24, 2.45) is 28.6 Å². The van der Waals surface area contributed by atoms with Gasteiger partial charge in [0.25, 0.3) is 0 Å². The summed E-state index contributed by atoms with van der Waals surface area (Å²) >= 11 is 0. The molecule has 6 atom stereocenters. The quantitative estimate of drug-likeness (QED) is 0.734. The molecule has 4 aliphatic rings. The molecule has 0 amide bonds. The Labute approximate surface area is 128 Å². The summed E-state index contributed by atoms with van der Waals surface area (Å²) in [7, 11) is 0. The summed E-state index contributed by atoms with van der Waals surface area (Å²) in [6, 6.07) is 0. The first-order chi connectivity index (χ1) is 9.78. The third kappa shape index (κ3) is 1.60. The highest BCUT2D eigenvalue weighted by Gasteiger charge is 2.62. The summed E-state index contributed by atoms with van der Waals surface area (Å²) in [4.78, 5) is 12.0. The highest BCUT2D eigenvalue weighted by atomic mass is 16.3. The number of aliphatic hydroxyl groups is 1. The molecule has 4 aliphatic carbocycles. The van der Waals surface area contributed by atoms with E-state index in [-0.39, 0.29) is 10.8 Å². The summed E-state index contributed by atoms with van der Waals surface area (Å²) in [5.41, 5.74) is 1.16. The molecule has 0 aromatic carbocycles. The first-order valence-corrected chi connectivity index (χ1v) is 8.74. The summed E-state index contributed by atoms with van der Waals surface area (Å²) in [6.45, 7) is 6.73. The minimum atomic E-state index is -0.495. The Morgan fingerprint density at radius 2 is 1.81 bits per heavy atom. The third-order valence-electron chi connectivity index (χ3n) is 8.17. The van der Waals surface area contributed by atoms with Crippen molar-refractivity contribution in [3.05, 3.63) is 11.6 Å². The van der Waals surface area contributed by atoms with Crippen molar-refractivity contribution < 1.29 is 9.90 Å². The molecule has 3 fully saturated rings. The standard InChI is InChI=1S/C19H28O2/c1-17-11-13(20)10-12(17)4-5-14-15(17)6-8-18(2)16(14)7-9-19(18,3)21/h10,14-16,21H,4-9,11H2,1-3H3/t14-,15+,16+,17+,18+,19+/m1/s1. The van der Waals surface area contributed by atoms with Gasteiger partial charge < -0.3 is 5.11 Å². The lowest BCUT2D eigenvalue weighted by Crippen LogP contribution is -2.53. The molecule has 0 aromatic rings. The van der Waals surface area contributed by atoms with Crippen molar-refractivity contribution >= 4 is 5.78 Å². The van der Waals surface area contributed by atoms with Gasteiger partial charge in [-0.15, -0.1) is 0 Å². The van der Waals surface area contributed by atoms with Crippen molar-refractivity contribution in [3.63, 3.8) is 0 Å². The molecule has 0 aliphatic heterocycles. The van der Waals surface area contributed by atoms with Gasteiger partial charge in [-0.1, -0.05) is 19.4 Å². The Morgan fingerprint density at radius 1 is 1.10 bits per heavy atom. The fourth-order valence-corrected chi connectivity index (χ4v) is 6.66. The van der Waals surface area contributed by atoms with Gasteiger partial charge >= 0.3 is 0 Å². The summed E-state index contributed by atoms with van der Waals surface area (Å²) in [5.74, 6) is 2.38. The first-order valence-electron chi connectivity index (χ1n) is 8.74. The van der Waals surface area contributed by atoms with Crippen LogP contribution in [0.25, 0.3) is 0 Å². The predicted octanol–water partition coefficient (Wildman–Crippen LogP) is 3.88. The van der Waals surface area contributed by atoms with Crippen molar-refractivity contribution in [1.82, 2.24) is 0 Å². The van der Waals surface area contributed by atoms with E-state index in [4.69, 9.17) is 0 Å². The van der Waals surface area contributed by atoms with E-state index in [0.29, 0.717) is 23.5 Å². The van der Waals surface area contributed by atoms with Crippen LogP contribution in [0.4, 0.5) is 0 Å². The highest BCUT2D eigenvalue weighted by Crippen LogP contribution is 2.67. The van der Waals surface area contributed by atoms with Crippen LogP contribution in [0.2, 0.25) is 0 Å². The molecule has 3 saturated carbocycles. The van der Waals surface area contributed by atoms with E-state index < -0.39 is 5.60 Å². The molecule has 0 spiro atoms. The highest BCUT2D eigenvalue weighted by molar-refractivity contribution is 5.94. The molecular formula is C19H28O2. The van der Waals surface area contributed by atoms with E-state index in [1.54, 1.807) is 0 Å². The zero-order chi connectivity index (χ0) is 15.0. The number of allylic oxidation sites excluding steroid dienone is 2. The fourth-order valence-electron chi connectivity index (χ4n) is 6.66. The number of carbonyl (C=O) groups is 1. The monoisotopic (exact) mass is 288 g/mol. The second-order valence-corrected chi connectivity index (χ2v) is 8.91. The molecule has 0 aromatic heterocycles. The van der Waals surface area contributed by atoms with Crippen LogP contribution in [-0.4, -0.2) is 16.5 Å². The molecule has 0 saturated heterocycles. The van der Waals surface area contributed by atoms with Gasteiger partial charge in [-0.2, -0.15) is 0 Å². The summed E-state index contributed by atoms with van der Waals surface area (Å²) in [5, 5.41) is 10.9. The minimum absolute atomic E-state index is 0.0916. The topological polar surface area (TPSA) is 37.3 Å². The second kappa shape index (κ2) is 4.01. The van der Waals surface area contributed by atoms with Crippen molar-refractivity contribution in [3.8, 4) is 0 Å². The van der Waals surface area contributed by atoms with Crippen LogP contribution in [0, 0.1) is 28.6 Å². The number of carbonyl (C=O) groups excluding carboxylic acids is 1. The summed E-state index contributed by atoms with van der Waals surface area (Å²) < 4.78 is 0. The van der Waals surface area contributed by atoms with E-state index in [1.807, 2.05) is 6.08 Å². The molecule has 2 nitrogen and oxygen atoms in total. The van der Waals surface area contributed by atoms with Gasteiger partial charge in [0.15, 0.2) is 5.78 Å². The molecule has 4 rings (SSSR count). The Bertz CT molecular complexity index is 532. The smallest absolute Gasteiger partial charge is 0.156 e. The predicted molar refractivity (Wildman–Crippen MR) is 82.7 cm³/mol. The number of hydrogen-bond acceptors (Lipinski definition) is 2. The van der Waals surface area contributed by atoms with Crippen LogP contribution in [0.15, 0.2) is 11.6 Å². The molecular weight excluding hydrogens is 260 g/mol. The van der Waals surface area contributed by atoms with Gasteiger partial charge in [0.05, 0.1) is 5.60 Å². The number of fused-ring (bicyclic) bond motifs is 5. The second-order valence-electron chi connectivity index (χ2n) is 8.91. The average Bonchev–Trinajstić information content (AvgIpc) is 2.83. The van der Waals surface area contributed by atoms with Gasteiger partial charge in [-0.25, -0.2) is 0 Å². The van der Waals surface area contributed by atoms with Crippen LogP contribution in [0.5, 0.6) is 0 Å².